The molecule has 7 heteroatoms. The van der Waals surface area contributed by atoms with Gasteiger partial charge in [0.1, 0.15) is 35.9 Å². The highest BCUT2D eigenvalue weighted by Crippen LogP contribution is 2.36. The zero-order valence-corrected chi connectivity index (χ0v) is 13.7. The number of ether oxygens (including phenoxy) is 2. The van der Waals surface area contributed by atoms with Gasteiger partial charge in [0.05, 0.1) is 6.61 Å². The summed E-state index contributed by atoms with van der Waals surface area (Å²) in [5.74, 6) is 0.197. The maximum Gasteiger partial charge on any atom is 0.229 e. The lowest BCUT2D eigenvalue weighted by molar-refractivity contribution is -0.277. The number of benzene rings is 1. The standard InChI is InChI=1S/C17H24O7/c1-4-17(2,3)10-6-5-9(19)7-11(10)23-16-15(22)14(21)13(20)12(8-18)24-16/h4-7,12-16,18-22H,1,8H2,2-3H3/t12-,13+,14+,15-,16-/m1/s1. The zero-order chi connectivity index (χ0) is 18.1. The minimum absolute atomic E-state index is 0.0433. The molecular formula is C17H24O7. The summed E-state index contributed by atoms with van der Waals surface area (Å²) in [6.07, 6.45) is -5.19. The summed E-state index contributed by atoms with van der Waals surface area (Å²) in [6, 6.07) is 4.53. The Morgan fingerprint density at radius 2 is 1.88 bits per heavy atom. The monoisotopic (exact) mass is 340 g/mol. The van der Waals surface area contributed by atoms with Crippen LogP contribution >= 0.6 is 0 Å². The molecule has 0 saturated carbocycles. The number of hydrogen-bond donors (Lipinski definition) is 5. The van der Waals surface area contributed by atoms with E-state index in [1.807, 2.05) is 13.8 Å². The van der Waals surface area contributed by atoms with Crippen molar-refractivity contribution >= 4 is 0 Å². The first kappa shape index (κ1) is 18.7. The van der Waals surface area contributed by atoms with Gasteiger partial charge in [-0.2, -0.15) is 0 Å². The molecule has 0 spiro atoms. The molecule has 0 radical (unpaired) electrons. The Morgan fingerprint density at radius 1 is 1.21 bits per heavy atom. The molecule has 0 amide bonds. The number of phenols is 1. The molecule has 1 aromatic carbocycles. The molecule has 0 aromatic heterocycles. The average molecular weight is 340 g/mol. The number of aromatic hydroxyl groups is 1. The Bertz CT molecular complexity index is 584. The Morgan fingerprint density at radius 3 is 2.46 bits per heavy atom. The van der Waals surface area contributed by atoms with Gasteiger partial charge in [0, 0.05) is 17.0 Å². The summed E-state index contributed by atoms with van der Waals surface area (Å²) in [5.41, 5.74) is 0.198. The number of rotatable bonds is 5. The second kappa shape index (κ2) is 7.08. The van der Waals surface area contributed by atoms with Crippen LogP contribution in [0.5, 0.6) is 11.5 Å². The van der Waals surface area contributed by atoms with Crippen LogP contribution in [0.1, 0.15) is 19.4 Å². The Balaban J connectivity index is 2.33. The highest BCUT2D eigenvalue weighted by atomic mass is 16.7. The van der Waals surface area contributed by atoms with E-state index < -0.39 is 42.7 Å². The lowest BCUT2D eigenvalue weighted by Crippen LogP contribution is -2.60. The van der Waals surface area contributed by atoms with Gasteiger partial charge < -0.3 is 35.0 Å². The van der Waals surface area contributed by atoms with E-state index in [1.165, 1.54) is 12.1 Å². The number of phenolic OH excluding ortho intramolecular Hbond substituents is 1. The summed E-state index contributed by atoms with van der Waals surface area (Å²) < 4.78 is 11.0. The van der Waals surface area contributed by atoms with Crippen molar-refractivity contribution in [2.75, 3.05) is 6.61 Å². The van der Waals surface area contributed by atoms with E-state index in [0.717, 1.165) is 0 Å². The van der Waals surface area contributed by atoms with Gasteiger partial charge in [0.25, 0.3) is 0 Å². The van der Waals surface area contributed by atoms with E-state index in [9.17, 15) is 25.5 Å². The predicted octanol–water partition coefficient (Wildman–Crippen LogP) is 0.0345. The Kier molecular flexibility index (Phi) is 5.52. The van der Waals surface area contributed by atoms with Gasteiger partial charge in [-0.3, -0.25) is 0 Å². The third-order valence-electron chi connectivity index (χ3n) is 4.26. The van der Waals surface area contributed by atoms with Crippen LogP contribution < -0.4 is 4.74 Å². The summed E-state index contributed by atoms with van der Waals surface area (Å²) in [5, 5.41) is 48.7. The first-order chi connectivity index (χ1) is 11.2. The minimum Gasteiger partial charge on any atom is -0.508 e. The molecule has 5 atom stereocenters. The smallest absolute Gasteiger partial charge is 0.229 e. The van der Waals surface area contributed by atoms with E-state index in [0.29, 0.717) is 5.56 Å². The molecule has 5 N–H and O–H groups in total. The third-order valence-corrected chi connectivity index (χ3v) is 4.26. The fourth-order valence-electron chi connectivity index (χ4n) is 2.54. The van der Waals surface area contributed by atoms with Gasteiger partial charge in [-0.05, 0) is 6.07 Å². The van der Waals surface area contributed by atoms with E-state index in [1.54, 1.807) is 12.1 Å². The van der Waals surface area contributed by atoms with Crippen LogP contribution in [0, 0.1) is 0 Å². The molecule has 0 unspecified atom stereocenters. The minimum atomic E-state index is -1.53. The zero-order valence-electron chi connectivity index (χ0n) is 13.7. The average Bonchev–Trinajstić information content (AvgIpc) is 2.55. The van der Waals surface area contributed by atoms with Crippen molar-refractivity contribution in [3.8, 4) is 11.5 Å². The van der Waals surface area contributed by atoms with Gasteiger partial charge in [-0.15, -0.1) is 6.58 Å². The van der Waals surface area contributed by atoms with Gasteiger partial charge in [-0.25, -0.2) is 0 Å². The van der Waals surface area contributed by atoms with Gasteiger partial charge in [0.15, 0.2) is 0 Å². The second-order valence-electron chi connectivity index (χ2n) is 6.42. The molecule has 1 fully saturated rings. The normalized spacial score (nSPS) is 30.8. The number of hydrogen-bond acceptors (Lipinski definition) is 7. The fraction of sp³-hybridized carbons (Fsp3) is 0.529. The fourth-order valence-corrected chi connectivity index (χ4v) is 2.54. The second-order valence-corrected chi connectivity index (χ2v) is 6.42. The molecular weight excluding hydrogens is 316 g/mol. The lowest BCUT2D eigenvalue weighted by Gasteiger charge is -2.40. The summed E-state index contributed by atoms with van der Waals surface area (Å²) in [4.78, 5) is 0. The van der Waals surface area contributed by atoms with Crippen molar-refractivity contribution in [1.82, 2.24) is 0 Å². The van der Waals surface area contributed by atoms with Crippen LogP contribution in [-0.2, 0) is 10.2 Å². The summed E-state index contributed by atoms with van der Waals surface area (Å²) in [6.45, 7) is 7.02. The van der Waals surface area contributed by atoms with Crippen LogP contribution in [0.4, 0.5) is 0 Å². The number of aliphatic hydroxyl groups excluding tert-OH is 4. The molecule has 1 aromatic rings. The van der Waals surface area contributed by atoms with E-state index >= 15 is 0 Å². The van der Waals surface area contributed by atoms with Crippen molar-refractivity contribution < 1.29 is 35.0 Å². The first-order valence-electron chi connectivity index (χ1n) is 7.65. The molecule has 1 aliphatic rings. The van der Waals surface area contributed by atoms with Crippen LogP contribution in [-0.4, -0.2) is 62.8 Å². The third kappa shape index (κ3) is 3.55. The molecule has 2 rings (SSSR count). The van der Waals surface area contributed by atoms with Gasteiger partial charge in [-0.1, -0.05) is 26.0 Å². The number of allylic oxidation sites excluding steroid dienone is 1. The summed E-state index contributed by atoms with van der Waals surface area (Å²) in [7, 11) is 0. The number of aliphatic hydroxyl groups is 4. The van der Waals surface area contributed by atoms with Crippen LogP contribution in [0.2, 0.25) is 0 Å². The maximum absolute atomic E-state index is 10.1. The molecule has 134 valence electrons. The molecule has 1 saturated heterocycles. The van der Waals surface area contributed by atoms with Crippen LogP contribution in [0.3, 0.4) is 0 Å². The van der Waals surface area contributed by atoms with Crippen molar-refractivity contribution in [1.29, 1.82) is 0 Å². The topological polar surface area (TPSA) is 120 Å². The van der Waals surface area contributed by atoms with Crippen LogP contribution in [0.15, 0.2) is 30.9 Å². The molecule has 24 heavy (non-hydrogen) atoms. The van der Waals surface area contributed by atoms with Crippen molar-refractivity contribution in [3.05, 3.63) is 36.4 Å². The van der Waals surface area contributed by atoms with Gasteiger partial charge in [0.2, 0.25) is 6.29 Å². The van der Waals surface area contributed by atoms with Crippen molar-refractivity contribution in [3.63, 3.8) is 0 Å². The largest absolute Gasteiger partial charge is 0.508 e. The molecule has 7 nitrogen and oxygen atoms in total. The lowest BCUT2D eigenvalue weighted by atomic mass is 9.84. The molecule has 0 aliphatic carbocycles. The van der Waals surface area contributed by atoms with Gasteiger partial charge >= 0.3 is 0 Å². The summed E-state index contributed by atoms with van der Waals surface area (Å²) >= 11 is 0. The van der Waals surface area contributed by atoms with Crippen molar-refractivity contribution in [2.45, 2.75) is 50.0 Å². The van der Waals surface area contributed by atoms with Crippen LogP contribution in [0.25, 0.3) is 0 Å². The molecule has 1 aliphatic heterocycles. The highest BCUT2D eigenvalue weighted by Gasteiger charge is 2.45. The van der Waals surface area contributed by atoms with E-state index in [2.05, 4.69) is 6.58 Å². The van der Waals surface area contributed by atoms with E-state index in [4.69, 9.17) is 9.47 Å². The maximum atomic E-state index is 10.1. The highest BCUT2D eigenvalue weighted by molar-refractivity contribution is 5.46. The SMILES string of the molecule is C=CC(C)(C)c1ccc(O)cc1O[C@@H]1O[C@H](CO)[C@H](O)[C@H](O)[C@H]1O. The Labute approximate surface area is 140 Å². The first-order valence-corrected chi connectivity index (χ1v) is 7.65. The Hall–Kier alpha value is -1.64. The molecule has 1 heterocycles. The molecule has 0 bridgehead atoms. The van der Waals surface area contributed by atoms with Crippen molar-refractivity contribution in [2.24, 2.45) is 0 Å². The van der Waals surface area contributed by atoms with E-state index in [-0.39, 0.29) is 11.5 Å². The predicted molar refractivity (Wildman–Crippen MR) is 85.7 cm³/mol. The quantitative estimate of drug-likeness (QED) is 0.480.